The summed E-state index contributed by atoms with van der Waals surface area (Å²) in [6, 6.07) is 10.4. The van der Waals surface area contributed by atoms with Gasteiger partial charge in [0.1, 0.15) is 11.6 Å². The Balaban J connectivity index is 2.05. The minimum atomic E-state index is -0.465. The summed E-state index contributed by atoms with van der Waals surface area (Å²) in [6.45, 7) is 0. The van der Waals surface area contributed by atoms with Crippen LogP contribution in [0.4, 0.5) is 8.78 Å². The minimum Gasteiger partial charge on any atom is -0.293 e. The molecule has 1 aliphatic rings. The lowest BCUT2D eigenvalue weighted by Crippen LogP contribution is -2.07. The number of hydrogen-bond donors (Lipinski definition) is 0. The first kappa shape index (κ1) is 11.1. The maximum Gasteiger partial charge on any atom is 0.171 e. The summed E-state index contributed by atoms with van der Waals surface area (Å²) in [5, 5.41) is 0. The highest BCUT2D eigenvalue weighted by molar-refractivity contribution is 6.05. The van der Waals surface area contributed by atoms with Crippen molar-refractivity contribution in [3.05, 3.63) is 70.8 Å². The average molecular weight is 244 g/mol. The molecule has 0 aromatic heterocycles. The third-order valence-electron chi connectivity index (χ3n) is 3.36. The second-order valence-electron chi connectivity index (χ2n) is 4.44. The average Bonchev–Trinajstić information content (AvgIpc) is 2.69. The van der Waals surface area contributed by atoms with Gasteiger partial charge in [-0.1, -0.05) is 24.3 Å². The molecule has 0 saturated carbocycles. The van der Waals surface area contributed by atoms with Gasteiger partial charge in [-0.15, -0.1) is 0 Å². The van der Waals surface area contributed by atoms with Crippen molar-refractivity contribution in [1.29, 1.82) is 0 Å². The van der Waals surface area contributed by atoms with Crippen LogP contribution in [-0.2, 0) is 6.42 Å². The molecule has 0 saturated heterocycles. The van der Waals surface area contributed by atoms with Crippen molar-refractivity contribution in [2.45, 2.75) is 12.3 Å². The monoisotopic (exact) mass is 244 g/mol. The van der Waals surface area contributed by atoms with Gasteiger partial charge >= 0.3 is 0 Å². The lowest BCUT2D eigenvalue weighted by atomic mass is 9.95. The first-order chi connectivity index (χ1) is 8.66. The largest absolute Gasteiger partial charge is 0.293 e. The highest BCUT2D eigenvalue weighted by Gasteiger charge is 2.33. The fourth-order valence-corrected chi connectivity index (χ4v) is 2.47. The van der Waals surface area contributed by atoms with Crippen LogP contribution in [0.3, 0.4) is 0 Å². The van der Waals surface area contributed by atoms with E-state index in [2.05, 4.69) is 0 Å². The van der Waals surface area contributed by atoms with E-state index in [0.717, 1.165) is 0 Å². The standard InChI is InChI=1S/C15H10F2O/c16-10-4-1-3-9(7-10)12-8-13-11(15(12)18)5-2-6-14(13)17/h1-7,12H,8H2. The van der Waals surface area contributed by atoms with Crippen molar-refractivity contribution in [1.82, 2.24) is 0 Å². The molecule has 1 aliphatic carbocycles. The Morgan fingerprint density at radius 1 is 1.06 bits per heavy atom. The van der Waals surface area contributed by atoms with Gasteiger partial charge in [0.25, 0.3) is 0 Å². The van der Waals surface area contributed by atoms with E-state index in [1.54, 1.807) is 18.2 Å². The molecular formula is C15H10F2O. The summed E-state index contributed by atoms with van der Waals surface area (Å²) in [4.78, 5) is 12.2. The Bertz CT molecular complexity index is 634. The summed E-state index contributed by atoms with van der Waals surface area (Å²) in [5.41, 5.74) is 1.47. The normalized spacial score (nSPS) is 17.9. The Hall–Kier alpha value is -2.03. The van der Waals surface area contributed by atoms with E-state index in [0.29, 0.717) is 23.1 Å². The highest BCUT2D eigenvalue weighted by Crippen LogP contribution is 2.35. The van der Waals surface area contributed by atoms with Crippen LogP contribution in [0.2, 0.25) is 0 Å². The number of carbonyl (C=O) groups is 1. The Morgan fingerprint density at radius 2 is 1.83 bits per heavy atom. The minimum absolute atomic E-state index is 0.130. The van der Waals surface area contributed by atoms with Crippen molar-refractivity contribution in [2.24, 2.45) is 0 Å². The van der Waals surface area contributed by atoms with Gasteiger partial charge in [0.05, 0.1) is 5.92 Å². The molecule has 0 spiro atoms. The number of carbonyl (C=O) groups excluding carboxylic acids is 1. The maximum absolute atomic E-state index is 13.6. The van der Waals surface area contributed by atoms with Gasteiger partial charge in [0, 0.05) is 5.56 Å². The van der Waals surface area contributed by atoms with E-state index in [9.17, 15) is 13.6 Å². The second-order valence-corrected chi connectivity index (χ2v) is 4.44. The first-order valence-corrected chi connectivity index (χ1v) is 5.74. The zero-order valence-corrected chi connectivity index (χ0v) is 9.49. The predicted molar refractivity (Wildman–Crippen MR) is 63.6 cm³/mol. The lowest BCUT2D eigenvalue weighted by molar-refractivity contribution is 0.0973. The molecule has 3 rings (SSSR count). The van der Waals surface area contributed by atoms with Gasteiger partial charge in [-0.05, 0) is 35.7 Å². The Kier molecular flexibility index (Phi) is 2.47. The molecule has 90 valence electrons. The summed E-state index contributed by atoms with van der Waals surface area (Å²) in [7, 11) is 0. The maximum atomic E-state index is 13.6. The molecule has 1 atom stereocenters. The fourth-order valence-electron chi connectivity index (χ4n) is 2.47. The Labute approximate surface area is 103 Å². The summed E-state index contributed by atoms with van der Waals surface area (Å²) in [6.07, 6.45) is 0.310. The van der Waals surface area contributed by atoms with Gasteiger partial charge in [0.15, 0.2) is 5.78 Å². The third kappa shape index (κ3) is 1.63. The molecule has 0 fully saturated rings. The Morgan fingerprint density at radius 3 is 2.56 bits per heavy atom. The van der Waals surface area contributed by atoms with Crippen molar-refractivity contribution in [3.8, 4) is 0 Å². The van der Waals surface area contributed by atoms with E-state index in [1.807, 2.05) is 0 Å². The number of Topliss-reactive ketones (excluding diaryl/α,β-unsaturated/α-hetero) is 1. The molecule has 18 heavy (non-hydrogen) atoms. The quantitative estimate of drug-likeness (QED) is 0.750. The van der Waals surface area contributed by atoms with Crippen molar-refractivity contribution >= 4 is 5.78 Å². The van der Waals surface area contributed by atoms with E-state index >= 15 is 0 Å². The molecule has 0 aliphatic heterocycles. The molecule has 0 amide bonds. The summed E-state index contributed by atoms with van der Waals surface area (Å²) in [5.74, 6) is -1.33. The zero-order valence-electron chi connectivity index (χ0n) is 9.49. The van der Waals surface area contributed by atoms with E-state index in [1.165, 1.54) is 24.3 Å². The molecule has 3 heteroatoms. The number of fused-ring (bicyclic) bond motifs is 1. The molecular weight excluding hydrogens is 234 g/mol. The van der Waals surface area contributed by atoms with Crippen LogP contribution in [0, 0.1) is 11.6 Å². The van der Waals surface area contributed by atoms with Gasteiger partial charge in [-0.2, -0.15) is 0 Å². The zero-order chi connectivity index (χ0) is 12.7. The number of rotatable bonds is 1. The number of halogens is 2. The molecule has 0 radical (unpaired) electrons. The SMILES string of the molecule is O=C1c2cccc(F)c2CC1c1cccc(F)c1. The molecule has 0 bridgehead atoms. The van der Waals surface area contributed by atoms with Crippen LogP contribution in [0.5, 0.6) is 0 Å². The van der Waals surface area contributed by atoms with Crippen molar-refractivity contribution in [3.63, 3.8) is 0 Å². The highest BCUT2D eigenvalue weighted by atomic mass is 19.1. The van der Waals surface area contributed by atoms with Gasteiger partial charge < -0.3 is 0 Å². The molecule has 2 aromatic rings. The third-order valence-corrected chi connectivity index (χ3v) is 3.36. The first-order valence-electron chi connectivity index (χ1n) is 5.74. The summed E-state index contributed by atoms with van der Waals surface area (Å²) < 4.78 is 26.8. The van der Waals surface area contributed by atoms with Crippen LogP contribution < -0.4 is 0 Å². The van der Waals surface area contributed by atoms with Crippen LogP contribution >= 0.6 is 0 Å². The number of ketones is 1. The predicted octanol–water partition coefficient (Wildman–Crippen LogP) is 3.49. The second kappa shape index (κ2) is 4.02. The smallest absolute Gasteiger partial charge is 0.171 e. The molecule has 1 nitrogen and oxygen atoms in total. The number of hydrogen-bond acceptors (Lipinski definition) is 1. The molecule has 1 unspecified atom stereocenters. The summed E-state index contributed by atoms with van der Waals surface area (Å²) >= 11 is 0. The van der Waals surface area contributed by atoms with Gasteiger partial charge in [-0.25, -0.2) is 8.78 Å². The lowest BCUT2D eigenvalue weighted by Gasteiger charge is -2.07. The topological polar surface area (TPSA) is 17.1 Å². The van der Waals surface area contributed by atoms with E-state index < -0.39 is 5.92 Å². The fraction of sp³-hybridized carbons (Fsp3) is 0.133. The molecule has 0 heterocycles. The van der Waals surface area contributed by atoms with Crippen LogP contribution in [0.1, 0.15) is 27.4 Å². The van der Waals surface area contributed by atoms with E-state index in [4.69, 9.17) is 0 Å². The molecule has 0 N–H and O–H groups in total. The van der Waals surface area contributed by atoms with Gasteiger partial charge in [0.2, 0.25) is 0 Å². The van der Waals surface area contributed by atoms with Crippen molar-refractivity contribution < 1.29 is 13.6 Å². The van der Waals surface area contributed by atoms with Crippen LogP contribution in [0.15, 0.2) is 42.5 Å². The van der Waals surface area contributed by atoms with Gasteiger partial charge in [-0.3, -0.25) is 4.79 Å². The van der Waals surface area contributed by atoms with Crippen LogP contribution in [-0.4, -0.2) is 5.78 Å². The van der Waals surface area contributed by atoms with Crippen molar-refractivity contribution in [2.75, 3.05) is 0 Å². The van der Waals surface area contributed by atoms with E-state index in [-0.39, 0.29) is 17.4 Å². The van der Waals surface area contributed by atoms with Crippen LogP contribution in [0.25, 0.3) is 0 Å². The number of benzene rings is 2. The molecule has 2 aromatic carbocycles.